The Morgan fingerprint density at radius 3 is 2.50 bits per heavy atom. The molecule has 0 aliphatic rings. The second-order valence-electron chi connectivity index (χ2n) is 3.96. The van der Waals surface area contributed by atoms with E-state index in [0.717, 1.165) is 6.26 Å². The number of nitrogens with zero attached hydrogens (tertiary/aromatic N) is 3. The van der Waals surface area contributed by atoms with Crippen LogP contribution in [0, 0.1) is 0 Å². The molecule has 0 amide bonds. The topological polar surface area (TPSA) is 75.2 Å². The van der Waals surface area contributed by atoms with Gasteiger partial charge in [-0.15, -0.1) is 0 Å². The molecule has 0 spiro atoms. The lowest BCUT2D eigenvalue weighted by atomic mass is 10.4. The van der Waals surface area contributed by atoms with Crippen LogP contribution < -0.4 is 5.32 Å². The summed E-state index contributed by atoms with van der Waals surface area (Å²) in [4.78, 5) is 3.31. The summed E-state index contributed by atoms with van der Waals surface area (Å²) in [6.45, 7) is 2.69. The molecule has 0 saturated heterocycles. The summed E-state index contributed by atoms with van der Waals surface area (Å²) >= 11 is 0.622. The molecule has 0 aromatic carbocycles. The van der Waals surface area contributed by atoms with Crippen LogP contribution in [0.15, 0.2) is 0 Å². The first-order valence-electron chi connectivity index (χ1n) is 5.74. The van der Waals surface area contributed by atoms with E-state index in [-0.39, 0.29) is 5.13 Å². The first-order valence-corrected chi connectivity index (χ1v) is 8.36. The Kier molecular flexibility index (Phi) is 5.71. The van der Waals surface area contributed by atoms with E-state index >= 15 is 0 Å². The van der Waals surface area contributed by atoms with Crippen LogP contribution in [-0.2, 0) is 16.2 Å². The van der Waals surface area contributed by atoms with Crippen molar-refractivity contribution < 1.29 is 21.6 Å². The number of hydrogen-bond donors (Lipinski definition) is 1. The highest BCUT2D eigenvalue weighted by Gasteiger charge is 2.36. The smallest absolute Gasteiger partial charge is 0.360 e. The van der Waals surface area contributed by atoms with Crippen molar-refractivity contribution in [2.75, 3.05) is 31.2 Å². The van der Waals surface area contributed by atoms with Gasteiger partial charge in [0.15, 0.2) is 0 Å². The van der Waals surface area contributed by atoms with Crippen LogP contribution in [0.2, 0.25) is 0 Å². The quantitative estimate of drug-likeness (QED) is 0.768. The first kappa shape index (κ1) is 17.1. The summed E-state index contributed by atoms with van der Waals surface area (Å²) in [6.07, 6.45) is -2.97. The van der Waals surface area contributed by atoms with E-state index in [1.54, 1.807) is 6.92 Å². The summed E-state index contributed by atoms with van der Waals surface area (Å²) < 4.78 is 63.8. The highest BCUT2D eigenvalue weighted by Crippen LogP contribution is 2.28. The van der Waals surface area contributed by atoms with Gasteiger partial charge in [0, 0.05) is 31.2 Å². The number of nitrogens with one attached hydrogen (secondary N) is 1. The molecule has 0 radical (unpaired) electrons. The molecule has 6 nitrogen and oxygen atoms in total. The zero-order chi connectivity index (χ0) is 15.4. The third-order valence-corrected chi connectivity index (χ3v) is 4.41. The van der Waals surface area contributed by atoms with Gasteiger partial charge in [-0.1, -0.05) is 6.92 Å². The van der Waals surface area contributed by atoms with E-state index < -0.39 is 22.0 Å². The minimum atomic E-state index is -4.55. The maximum atomic E-state index is 12.3. The van der Waals surface area contributed by atoms with E-state index in [1.807, 2.05) is 0 Å². The van der Waals surface area contributed by atoms with Gasteiger partial charge in [0.05, 0.1) is 6.26 Å². The molecular formula is C9H15F3N4O2S2. The predicted octanol–water partition coefficient (Wildman–Crippen LogP) is 1.64. The molecule has 0 aliphatic heterocycles. The summed E-state index contributed by atoms with van der Waals surface area (Å²) in [6, 6.07) is 0. The zero-order valence-electron chi connectivity index (χ0n) is 10.9. The minimum Gasteiger partial charge on any atom is -0.360 e. The number of aromatic nitrogens is 2. The van der Waals surface area contributed by atoms with Gasteiger partial charge in [-0.2, -0.15) is 22.5 Å². The molecule has 116 valence electrons. The largest absolute Gasteiger partial charge is 0.452 e. The Morgan fingerprint density at radius 2 is 2.05 bits per heavy atom. The van der Waals surface area contributed by atoms with Crippen molar-refractivity contribution in [3.05, 3.63) is 5.82 Å². The van der Waals surface area contributed by atoms with Crippen LogP contribution in [-0.4, -0.2) is 48.0 Å². The van der Waals surface area contributed by atoms with Crippen LogP contribution in [0.4, 0.5) is 18.3 Å². The predicted molar refractivity (Wildman–Crippen MR) is 70.1 cm³/mol. The lowest BCUT2D eigenvalue weighted by Gasteiger charge is -2.17. The lowest BCUT2D eigenvalue weighted by molar-refractivity contribution is -0.144. The van der Waals surface area contributed by atoms with Crippen molar-refractivity contribution in [2.45, 2.75) is 19.5 Å². The zero-order valence-corrected chi connectivity index (χ0v) is 12.6. The van der Waals surface area contributed by atoms with Crippen molar-refractivity contribution in [2.24, 2.45) is 0 Å². The molecule has 0 unspecified atom stereocenters. The Labute approximate surface area is 119 Å². The van der Waals surface area contributed by atoms with Crippen molar-refractivity contribution in [3.8, 4) is 0 Å². The monoisotopic (exact) mass is 332 g/mol. The van der Waals surface area contributed by atoms with Gasteiger partial charge in [-0.05, 0) is 6.42 Å². The number of sulfonamides is 1. The number of anilines is 1. The lowest BCUT2D eigenvalue weighted by Crippen LogP contribution is -2.31. The van der Waals surface area contributed by atoms with E-state index in [9.17, 15) is 21.6 Å². The summed E-state index contributed by atoms with van der Waals surface area (Å²) in [7, 11) is -3.24. The van der Waals surface area contributed by atoms with Gasteiger partial charge >= 0.3 is 6.18 Å². The summed E-state index contributed by atoms with van der Waals surface area (Å²) in [5.41, 5.74) is 0. The minimum absolute atomic E-state index is 0.0692. The standard InChI is InChI=1S/C9H15F3N4O2S2/c1-3-16(20(2,17)18)6-4-5-13-8-14-7(15-19-8)9(10,11)12/h3-6H2,1-2H3,(H,13,14,15). The molecule has 0 atom stereocenters. The molecule has 0 saturated carbocycles. The molecule has 1 heterocycles. The number of hydrogen-bond acceptors (Lipinski definition) is 6. The molecule has 1 rings (SSSR count). The Morgan fingerprint density at radius 1 is 1.40 bits per heavy atom. The number of alkyl halides is 3. The van der Waals surface area contributed by atoms with Gasteiger partial charge in [0.1, 0.15) is 0 Å². The van der Waals surface area contributed by atoms with Crippen molar-refractivity contribution in [1.29, 1.82) is 0 Å². The maximum Gasteiger partial charge on any atom is 0.452 e. The number of halogens is 3. The van der Waals surface area contributed by atoms with Crippen molar-refractivity contribution >= 4 is 26.7 Å². The molecule has 0 fully saturated rings. The third kappa shape index (κ3) is 5.21. The highest BCUT2D eigenvalue weighted by atomic mass is 32.2. The second-order valence-corrected chi connectivity index (χ2v) is 6.69. The Balaban J connectivity index is 2.40. The number of rotatable bonds is 7. The second kappa shape index (κ2) is 6.68. The molecular weight excluding hydrogens is 317 g/mol. The summed E-state index contributed by atoms with van der Waals surface area (Å²) in [5.74, 6) is -1.17. The normalized spacial score (nSPS) is 12.9. The van der Waals surface area contributed by atoms with E-state index in [0.29, 0.717) is 37.6 Å². The van der Waals surface area contributed by atoms with Crippen LogP contribution in [0.25, 0.3) is 0 Å². The molecule has 20 heavy (non-hydrogen) atoms. The fourth-order valence-electron chi connectivity index (χ4n) is 1.42. The fourth-order valence-corrected chi connectivity index (χ4v) is 2.96. The van der Waals surface area contributed by atoms with Gasteiger partial charge < -0.3 is 5.32 Å². The van der Waals surface area contributed by atoms with Crippen LogP contribution >= 0.6 is 11.5 Å². The van der Waals surface area contributed by atoms with E-state index in [4.69, 9.17) is 0 Å². The maximum absolute atomic E-state index is 12.3. The molecule has 1 aromatic heterocycles. The van der Waals surface area contributed by atoms with Gasteiger partial charge in [-0.3, -0.25) is 0 Å². The van der Waals surface area contributed by atoms with Crippen LogP contribution in [0.3, 0.4) is 0 Å². The first-order chi connectivity index (χ1) is 9.14. The Bertz CT molecular complexity index is 530. The molecule has 1 aromatic rings. The fraction of sp³-hybridized carbons (Fsp3) is 0.778. The summed E-state index contributed by atoms with van der Waals surface area (Å²) in [5, 5.41) is 2.76. The van der Waals surface area contributed by atoms with Gasteiger partial charge in [0.2, 0.25) is 21.0 Å². The van der Waals surface area contributed by atoms with Crippen molar-refractivity contribution in [1.82, 2.24) is 13.7 Å². The van der Waals surface area contributed by atoms with Crippen molar-refractivity contribution in [3.63, 3.8) is 0 Å². The molecule has 0 bridgehead atoms. The highest BCUT2D eigenvalue weighted by molar-refractivity contribution is 7.88. The average Bonchev–Trinajstić information content (AvgIpc) is 2.75. The SMILES string of the molecule is CCN(CCCNc1nc(C(F)(F)F)ns1)S(C)(=O)=O. The third-order valence-electron chi connectivity index (χ3n) is 2.36. The molecule has 0 aliphatic carbocycles. The van der Waals surface area contributed by atoms with Crippen LogP contribution in [0.1, 0.15) is 19.2 Å². The van der Waals surface area contributed by atoms with E-state index in [1.165, 1.54) is 4.31 Å². The Hall–Kier alpha value is -0.940. The van der Waals surface area contributed by atoms with Crippen LogP contribution in [0.5, 0.6) is 0 Å². The van der Waals surface area contributed by atoms with E-state index in [2.05, 4.69) is 14.7 Å². The molecule has 1 N–H and O–H groups in total. The average molecular weight is 332 g/mol. The van der Waals surface area contributed by atoms with Gasteiger partial charge in [0.25, 0.3) is 0 Å². The molecule has 11 heteroatoms. The van der Waals surface area contributed by atoms with Gasteiger partial charge in [-0.25, -0.2) is 12.7 Å².